The third kappa shape index (κ3) is 6.57. The average Bonchev–Trinajstić information content (AvgIpc) is 2.70. The number of carbonyl (C=O) groups excluding carboxylic acids is 2. The van der Waals surface area contributed by atoms with Crippen LogP contribution in [-0.4, -0.2) is 36.4 Å². The number of nitrogens with zero attached hydrogens (tertiary/aromatic N) is 1. The van der Waals surface area contributed by atoms with Crippen molar-refractivity contribution in [3.63, 3.8) is 0 Å². The minimum absolute atomic E-state index is 0.155. The fourth-order valence-corrected chi connectivity index (χ4v) is 3.57. The fraction of sp³-hybridized carbons (Fsp3) is 0.364. The van der Waals surface area contributed by atoms with Gasteiger partial charge in [0, 0.05) is 18.1 Å². The van der Waals surface area contributed by atoms with Gasteiger partial charge in [0.15, 0.2) is 6.61 Å². The van der Waals surface area contributed by atoms with Crippen molar-refractivity contribution in [2.75, 3.05) is 13.7 Å². The van der Waals surface area contributed by atoms with Gasteiger partial charge in [-0.05, 0) is 64.2 Å². The minimum Gasteiger partial charge on any atom is -0.483 e. The van der Waals surface area contributed by atoms with Crippen LogP contribution >= 0.6 is 31.9 Å². The molecular weight excluding hydrogens is 500 g/mol. The SMILES string of the molecule is CNC(=O)[C@H](C)N(Cc1ccc(Br)cc1)C(=O)COc1ccc(C(C)C)cc1Br. The van der Waals surface area contributed by atoms with E-state index in [1.165, 1.54) is 10.5 Å². The lowest BCUT2D eigenvalue weighted by Gasteiger charge is -2.28. The molecule has 0 saturated carbocycles. The number of hydrogen-bond acceptors (Lipinski definition) is 3. The summed E-state index contributed by atoms with van der Waals surface area (Å²) in [4.78, 5) is 26.6. The second-order valence-corrected chi connectivity index (χ2v) is 8.84. The van der Waals surface area contributed by atoms with Gasteiger partial charge in [-0.2, -0.15) is 0 Å². The molecule has 1 atom stereocenters. The standard InChI is InChI=1S/C22H26Br2N2O3/c1-14(2)17-7-10-20(19(24)11-17)29-13-21(27)26(15(3)22(28)25-4)12-16-5-8-18(23)9-6-16/h5-11,14-15H,12-13H2,1-4H3,(H,25,28)/t15-/m0/s1. The predicted octanol–water partition coefficient (Wildman–Crippen LogP) is 4.88. The van der Waals surface area contributed by atoms with E-state index in [2.05, 4.69) is 51.0 Å². The number of nitrogens with one attached hydrogen (secondary N) is 1. The van der Waals surface area contributed by atoms with Crippen LogP contribution < -0.4 is 10.1 Å². The quantitative estimate of drug-likeness (QED) is 0.534. The van der Waals surface area contributed by atoms with Crippen molar-refractivity contribution in [2.24, 2.45) is 0 Å². The maximum Gasteiger partial charge on any atom is 0.261 e. The lowest BCUT2D eigenvalue weighted by Crippen LogP contribution is -2.48. The van der Waals surface area contributed by atoms with E-state index in [4.69, 9.17) is 4.74 Å². The van der Waals surface area contributed by atoms with Crippen molar-refractivity contribution < 1.29 is 14.3 Å². The first-order valence-electron chi connectivity index (χ1n) is 9.40. The number of likely N-dealkylation sites (N-methyl/N-ethyl adjacent to an activating group) is 1. The van der Waals surface area contributed by atoms with Gasteiger partial charge in [0.25, 0.3) is 5.91 Å². The first-order chi connectivity index (χ1) is 13.7. The summed E-state index contributed by atoms with van der Waals surface area (Å²) >= 11 is 6.91. The number of rotatable bonds is 8. The first kappa shape index (κ1) is 23.4. The molecule has 0 fully saturated rings. The van der Waals surface area contributed by atoms with E-state index in [0.717, 1.165) is 14.5 Å². The van der Waals surface area contributed by atoms with Crippen LogP contribution in [0.1, 0.15) is 37.8 Å². The van der Waals surface area contributed by atoms with Crippen molar-refractivity contribution in [2.45, 2.75) is 39.3 Å². The van der Waals surface area contributed by atoms with Crippen molar-refractivity contribution in [1.82, 2.24) is 10.2 Å². The van der Waals surface area contributed by atoms with Crippen LogP contribution in [0.25, 0.3) is 0 Å². The molecule has 0 bridgehead atoms. The Morgan fingerprint density at radius 1 is 1.07 bits per heavy atom. The molecule has 0 saturated heterocycles. The summed E-state index contributed by atoms with van der Waals surface area (Å²) in [6.45, 7) is 6.11. The molecule has 0 spiro atoms. The van der Waals surface area contributed by atoms with Crippen LogP contribution in [-0.2, 0) is 16.1 Å². The number of halogens is 2. The molecule has 2 aromatic rings. The normalized spacial score (nSPS) is 11.8. The van der Waals surface area contributed by atoms with Gasteiger partial charge in [-0.15, -0.1) is 0 Å². The van der Waals surface area contributed by atoms with Gasteiger partial charge in [-0.3, -0.25) is 9.59 Å². The molecule has 2 aromatic carbocycles. The van der Waals surface area contributed by atoms with Crippen molar-refractivity contribution in [1.29, 1.82) is 0 Å². The molecule has 5 nitrogen and oxygen atoms in total. The average molecular weight is 526 g/mol. The summed E-state index contributed by atoms with van der Waals surface area (Å²) in [5.74, 6) is 0.512. The summed E-state index contributed by atoms with van der Waals surface area (Å²) in [6.07, 6.45) is 0. The zero-order valence-electron chi connectivity index (χ0n) is 17.0. The topological polar surface area (TPSA) is 58.6 Å². The number of hydrogen-bond donors (Lipinski definition) is 1. The Kier molecular flexibility index (Phi) is 8.71. The highest BCUT2D eigenvalue weighted by Crippen LogP contribution is 2.29. The molecule has 0 aromatic heterocycles. The summed E-state index contributed by atoms with van der Waals surface area (Å²) in [6, 6.07) is 12.9. The number of amides is 2. The highest BCUT2D eigenvalue weighted by Gasteiger charge is 2.26. The summed E-state index contributed by atoms with van der Waals surface area (Å²) in [5.41, 5.74) is 2.11. The molecule has 0 unspecified atom stereocenters. The van der Waals surface area contributed by atoms with Gasteiger partial charge in [-0.1, -0.05) is 48.0 Å². The largest absolute Gasteiger partial charge is 0.483 e. The van der Waals surface area contributed by atoms with Crippen LogP contribution in [0.3, 0.4) is 0 Å². The molecule has 0 aliphatic carbocycles. The Hall–Kier alpha value is -1.86. The maximum atomic E-state index is 12.9. The monoisotopic (exact) mass is 524 g/mol. The van der Waals surface area contributed by atoms with Gasteiger partial charge >= 0.3 is 0 Å². The lowest BCUT2D eigenvalue weighted by molar-refractivity contribution is -0.142. The number of benzene rings is 2. The third-order valence-electron chi connectivity index (χ3n) is 4.65. The van der Waals surface area contributed by atoms with Crippen LogP contribution in [0.4, 0.5) is 0 Å². The number of ether oxygens (including phenoxy) is 1. The fourth-order valence-electron chi connectivity index (χ4n) is 2.79. The summed E-state index contributed by atoms with van der Waals surface area (Å²) in [7, 11) is 1.56. The van der Waals surface area contributed by atoms with Crippen LogP contribution in [0.15, 0.2) is 51.4 Å². The van der Waals surface area contributed by atoms with Crippen molar-refractivity contribution in [3.05, 3.63) is 62.5 Å². The molecule has 0 aliphatic rings. The van der Waals surface area contributed by atoms with Crippen LogP contribution in [0.5, 0.6) is 5.75 Å². The van der Waals surface area contributed by atoms with E-state index in [9.17, 15) is 9.59 Å². The molecule has 0 aliphatic heterocycles. The molecule has 2 rings (SSSR count). The van der Waals surface area contributed by atoms with Gasteiger partial charge in [0.05, 0.1) is 4.47 Å². The van der Waals surface area contributed by atoms with E-state index in [-0.39, 0.29) is 18.4 Å². The minimum atomic E-state index is -0.619. The predicted molar refractivity (Wildman–Crippen MR) is 122 cm³/mol. The molecular formula is C22H26Br2N2O3. The molecule has 0 radical (unpaired) electrons. The van der Waals surface area contributed by atoms with Gasteiger partial charge in [0.2, 0.25) is 5.91 Å². The van der Waals surface area contributed by atoms with E-state index < -0.39 is 6.04 Å². The van der Waals surface area contributed by atoms with Crippen molar-refractivity contribution in [3.8, 4) is 5.75 Å². The van der Waals surface area contributed by atoms with Crippen LogP contribution in [0, 0.1) is 0 Å². The molecule has 0 heterocycles. The Morgan fingerprint density at radius 3 is 2.28 bits per heavy atom. The molecule has 2 amide bonds. The lowest BCUT2D eigenvalue weighted by atomic mass is 10.0. The molecule has 29 heavy (non-hydrogen) atoms. The zero-order valence-corrected chi connectivity index (χ0v) is 20.2. The highest BCUT2D eigenvalue weighted by molar-refractivity contribution is 9.10. The maximum absolute atomic E-state index is 12.9. The Balaban J connectivity index is 2.14. The number of carbonyl (C=O) groups is 2. The van der Waals surface area contributed by atoms with Gasteiger partial charge < -0.3 is 15.0 Å². The van der Waals surface area contributed by atoms with Gasteiger partial charge in [0.1, 0.15) is 11.8 Å². The summed E-state index contributed by atoms with van der Waals surface area (Å²) in [5, 5.41) is 2.61. The third-order valence-corrected chi connectivity index (χ3v) is 5.80. The zero-order chi connectivity index (χ0) is 21.6. The van der Waals surface area contributed by atoms with Crippen LogP contribution in [0.2, 0.25) is 0 Å². The smallest absolute Gasteiger partial charge is 0.261 e. The van der Waals surface area contributed by atoms with E-state index in [1.54, 1.807) is 14.0 Å². The Labute approximate surface area is 189 Å². The second-order valence-electron chi connectivity index (χ2n) is 7.07. The Bertz CT molecular complexity index is 854. The van der Waals surface area contributed by atoms with Crippen molar-refractivity contribution >= 4 is 43.7 Å². The molecule has 7 heteroatoms. The molecule has 1 N–H and O–H groups in total. The van der Waals surface area contributed by atoms with E-state index >= 15 is 0 Å². The summed E-state index contributed by atoms with van der Waals surface area (Å²) < 4.78 is 7.51. The van der Waals surface area contributed by atoms with E-state index in [1.807, 2.05) is 42.5 Å². The second kappa shape index (κ2) is 10.8. The first-order valence-corrected chi connectivity index (χ1v) is 11.0. The highest BCUT2D eigenvalue weighted by atomic mass is 79.9. The Morgan fingerprint density at radius 2 is 1.72 bits per heavy atom. The van der Waals surface area contributed by atoms with Gasteiger partial charge in [-0.25, -0.2) is 0 Å². The van der Waals surface area contributed by atoms with E-state index in [0.29, 0.717) is 18.2 Å². The molecule has 156 valence electrons.